The van der Waals surface area contributed by atoms with Crippen molar-refractivity contribution < 1.29 is 4.79 Å². The van der Waals surface area contributed by atoms with Crippen LogP contribution < -0.4 is 10.2 Å². The minimum atomic E-state index is 0.0440. The fourth-order valence-electron chi connectivity index (χ4n) is 3.87. The van der Waals surface area contributed by atoms with Crippen molar-refractivity contribution >= 4 is 12.0 Å². The van der Waals surface area contributed by atoms with Gasteiger partial charge >= 0.3 is 6.03 Å². The monoisotopic (exact) mass is 354 g/mol. The Bertz CT molecular complexity index is 767. The predicted octanol–water partition coefficient (Wildman–Crippen LogP) is 1.84. The molecule has 2 aromatic rings. The molecule has 7 heteroatoms. The number of benzene rings is 1. The van der Waals surface area contributed by atoms with Crippen molar-refractivity contribution in [3.63, 3.8) is 0 Å². The summed E-state index contributed by atoms with van der Waals surface area (Å²) in [6, 6.07) is 10.6. The van der Waals surface area contributed by atoms with E-state index in [0.29, 0.717) is 19.0 Å². The zero-order valence-electron chi connectivity index (χ0n) is 15.4. The number of piperazine rings is 1. The van der Waals surface area contributed by atoms with Crippen LogP contribution in [0.3, 0.4) is 0 Å². The van der Waals surface area contributed by atoms with E-state index in [9.17, 15) is 4.79 Å². The number of carbonyl (C=O) groups is 1. The molecule has 1 aliphatic carbocycles. The van der Waals surface area contributed by atoms with Gasteiger partial charge in [-0.2, -0.15) is 0 Å². The van der Waals surface area contributed by atoms with Crippen molar-refractivity contribution in [1.29, 1.82) is 0 Å². The maximum atomic E-state index is 12.5. The number of carbonyl (C=O) groups excluding carboxylic acids is 1. The van der Waals surface area contributed by atoms with E-state index in [4.69, 9.17) is 0 Å². The summed E-state index contributed by atoms with van der Waals surface area (Å²) in [5.41, 5.74) is 1.55. The number of aryl methyl sites for hydroxylation is 1. The molecule has 2 fully saturated rings. The van der Waals surface area contributed by atoms with E-state index in [2.05, 4.69) is 51.6 Å². The maximum Gasteiger partial charge on any atom is 0.317 e. The largest absolute Gasteiger partial charge is 0.337 e. The second kappa shape index (κ2) is 6.63. The van der Waals surface area contributed by atoms with Crippen LogP contribution in [0.2, 0.25) is 0 Å². The highest BCUT2D eigenvalue weighted by Crippen LogP contribution is 2.58. The third-order valence-corrected chi connectivity index (χ3v) is 5.73. The second-order valence-electron chi connectivity index (χ2n) is 7.70. The lowest BCUT2D eigenvalue weighted by Crippen LogP contribution is -2.53. The molecule has 2 amide bonds. The van der Waals surface area contributed by atoms with Crippen LogP contribution >= 0.6 is 0 Å². The van der Waals surface area contributed by atoms with Gasteiger partial charge in [0.2, 0.25) is 5.95 Å². The van der Waals surface area contributed by atoms with Gasteiger partial charge in [-0.15, -0.1) is 10.2 Å². The van der Waals surface area contributed by atoms with Gasteiger partial charge in [0, 0.05) is 39.8 Å². The number of amides is 2. The van der Waals surface area contributed by atoms with Gasteiger partial charge in [0.25, 0.3) is 0 Å². The lowest BCUT2D eigenvalue weighted by molar-refractivity contribution is 0.191. The van der Waals surface area contributed by atoms with Crippen molar-refractivity contribution in [3.05, 3.63) is 42.2 Å². The van der Waals surface area contributed by atoms with Crippen molar-refractivity contribution in [2.75, 3.05) is 37.6 Å². The molecule has 26 heavy (non-hydrogen) atoms. The van der Waals surface area contributed by atoms with E-state index in [1.807, 2.05) is 22.6 Å². The van der Waals surface area contributed by atoms with E-state index in [-0.39, 0.29) is 11.4 Å². The van der Waals surface area contributed by atoms with Gasteiger partial charge in [-0.25, -0.2) is 4.79 Å². The Balaban J connectivity index is 1.26. The molecule has 0 radical (unpaired) electrons. The Hall–Kier alpha value is -2.57. The van der Waals surface area contributed by atoms with E-state index < -0.39 is 0 Å². The van der Waals surface area contributed by atoms with E-state index in [1.165, 1.54) is 5.56 Å². The molecular formula is C19H26N6O. The molecule has 1 aromatic heterocycles. The molecule has 2 atom stereocenters. The lowest BCUT2D eigenvalue weighted by atomic mass is 10.0. The normalized spacial score (nSPS) is 25.2. The molecule has 0 unspecified atom stereocenters. The average Bonchev–Trinajstić information content (AvgIpc) is 3.17. The van der Waals surface area contributed by atoms with Crippen molar-refractivity contribution in [2.45, 2.75) is 19.3 Å². The molecule has 0 spiro atoms. The smallest absolute Gasteiger partial charge is 0.317 e. The Morgan fingerprint density at radius 3 is 2.62 bits per heavy atom. The number of aromatic nitrogens is 3. The summed E-state index contributed by atoms with van der Waals surface area (Å²) in [5, 5.41) is 11.2. The molecule has 1 N–H and O–H groups in total. The van der Waals surface area contributed by atoms with Gasteiger partial charge in [0.15, 0.2) is 0 Å². The van der Waals surface area contributed by atoms with Gasteiger partial charge in [0.05, 0.1) is 0 Å². The fourth-order valence-corrected chi connectivity index (χ4v) is 3.87. The number of anilines is 1. The van der Waals surface area contributed by atoms with Crippen LogP contribution in [0.25, 0.3) is 0 Å². The van der Waals surface area contributed by atoms with Crippen LogP contribution in [0.5, 0.6) is 0 Å². The quantitative estimate of drug-likeness (QED) is 0.910. The number of nitrogens with one attached hydrogen (secondary N) is 1. The Morgan fingerprint density at radius 1 is 1.23 bits per heavy atom. The van der Waals surface area contributed by atoms with Crippen LogP contribution in [-0.2, 0) is 7.05 Å². The summed E-state index contributed by atoms with van der Waals surface area (Å²) >= 11 is 0. The highest BCUT2D eigenvalue weighted by Gasteiger charge is 2.50. The number of hydrogen-bond donors (Lipinski definition) is 1. The highest BCUT2D eigenvalue weighted by molar-refractivity contribution is 5.74. The molecular weight excluding hydrogens is 328 g/mol. The Morgan fingerprint density at radius 2 is 1.96 bits per heavy atom. The average molecular weight is 354 g/mol. The summed E-state index contributed by atoms with van der Waals surface area (Å²) in [6.45, 7) is 5.97. The summed E-state index contributed by atoms with van der Waals surface area (Å²) < 4.78 is 1.91. The molecule has 1 saturated heterocycles. The zero-order chi connectivity index (χ0) is 18.1. The van der Waals surface area contributed by atoms with Gasteiger partial charge < -0.3 is 19.7 Å². The molecule has 1 saturated carbocycles. The maximum absolute atomic E-state index is 12.5. The molecule has 1 aliphatic heterocycles. The van der Waals surface area contributed by atoms with Gasteiger partial charge in [-0.05, 0) is 23.3 Å². The summed E-state index contributed by atoms with van der Waals surface area (Å²) in [6.07, 6.45) is 2.84. The Labute approximate surface area is 154 Å². The van der Waals surface area contributed by atoms with Crippen LogP contribution in [-0.4, -0.2) is 58.4 Å². The van der Waals surface area contributed by atoms with E-state index in [0.717, 1.165) is 32.0 Å². The molecule has 1 aromatic carbocycles. The topological polar surface area (TPSA) is 66.3 Å². The highest BCUT2D eigenvalue weighted by atomic mass is 16.2. The van der Waals surface area contributed by atoms with Crippen molar-refractivity contribution in [2.24, 2.45) is 12.5 Å². The van der Waals surface area contributed by atoms with Gasteiger partial charge in [0.1, 0.15) is 6.33 Å². The third kappa shape index (κ3) is 3.25. The molecule has 4 rings (SSSR count). The predicted molar refractivity (Wildman–Crippen MR) is 100 cm³/mol. The van der Waals surface area contributed by atoms with Crippen LogP contribution in [0.4, 0.5) is 10.7 Å². The van der Waals surface area contributed by atoms with Crippen molar-refractivity contribution in [3.8, 4) is 0 Å². The van der Waals surface area contributed by atoms with Crippen molar-refractivity contribution in [1.82, 2.24) is 25.0 Å². The minimum Gasteiger partial charge on any atom is -0.337 e. The number of urea groups is 1. The molecule has 2 aliphatic rings. The summed E-state index contributed by atoms with van der Waals surface area (Å²) in [4.78, 5) is 16.6. The SMILES string of the molecule is Cn1cnnc1N1CCN(C(=O)NC[C@]2(C)C[C@H]2c2ccccc2)CC1. The fraction of sp³-hybridized carbons (Fsp3) is 0.526. The first-order chi connectivity index (χ1) is 12.6. The number of hydrogen-bond acceptors (Lipinski definition) is 4. The molecule has 7 nitrogen and oxygen atoms in total. The number of nitrogens with zero attached hydrogens (tertiary/aromatic N) is 5. The zero-order valence-corrected chi connectivity index (χ0v) is 15.4. The lowest BCUT2D eigenvalue weighted by Gasteiger charge is -2.35. The van der Waals surface area contributed by atoms with E-state index >= 15 is 0 Å². The molecule has 0 bridgehead atoms. The first-order valence-electron chi connectivity index (χ1n) is 9.23. The number of rotatable bonds is 4. The first kappa shape index (κ1) is 16.9. The van der Waals surface area contributed by atoms with Crippen LogP contribution in [0.1, 0.15) is 24.8 Å². The van der Waals surface area contributed by atoms with Crippen LogP contribution in [0.15, 0.2) is 36.7 Å². The molecule has 2 heterocycles. The molecule has 138 valence electrons. The first-order valence-corrected chi connectivity index (χ1v) is 9.23. The Kier molecular flexibility index (Phi) is 4.30. The minimum absolute atomic E-state index is 0.0440. The van der Waals surface area contributed by atoms with Gasteiger partial charge in [-0.1, -0.05) is 37.3 Å². The summed E-state index contributed by atoms with van der Waals surface area (Å²) in [7, 11) is 1.94. The third-order valence-electron chi connectivity index (χ3n) is 5.73. The van der Waals surface area contributed by atoms with E-state index in [1.54, 1.807) is 6.33 Å². The summed E-state index contributed by atoms with van der Waals surface area (Å²) in [5.74, 6) is 1.41. The van der Waals surface area contributed by atoms with Crippen LogP contribution in [0, 0.1) is 5.41 Å². The standard InChI is InChI=1S/C19H26N6O/c1-19(12-16(19)15-6-4-3-5-7-15)13-20-18(26)25-10-8-24(9-11-25)17-22-21-14-23(17)2/h3-7,14,16H,8-13H2,1-2H3,(H,20,26)/t16-,19-/m0/s1. The second-order valence-corrected chi connectivity index (χ2v) is 7.70. The van der Waals surface area contributed by atoms with Gasteiger partial charge in [-0.3, -0.25) is 0 Å².